The van der Waals surface area contributed by atoms with Gasteiger partial charge in [0.2, 0.25) is 0 Å². The molecule has 0 unspecified atom stereocenters. The van der Waals surface area contributed by atoms with E-state index < -0.39 is 0 Å². The number of aromatic nitrogens is 2. The average molecular weight is 235 g/mol. The molecule has 0 amide bonds. The summed E-state index contributed by atoms with van der Waals surface area (Å²) >= 11 is 2.94. The fraction of sp³-hybridized carbons (Fsp3) is 0. The number of hydrogen-bond acceptors (Lipinski definition) is 1. The molecule has 0 atom stereocenters. The molecule has 0 aliphatic heterocycles. The molecule has 13 heavy (non-hydrogen) atoms. The molecule has 2 heterocycles. The third kappa shape index (κ3) is 1.94. The number of nitrogens with zero attached hydrogens (tertiary/aromatic N) is 1. The Morgan fingerprint density at radius 2 is 1.85 bits per heavy atom. The fourth-order valence-corrected chi connectivity index (χ4v) is 1.58. The first-order chi connectivity index (χ1) is 6.36. The van der Waals surface area contributed by atoms with Crippen molar-refractivity contribution >= 4 is 15.6 Å². The molecule has 0 saturated heterocycles. The van der Waals surface area contributed by atoms with Crippen LogP contribution in [0.3, 0.4) is 0 Å². The van der Waals surface area contributed by atoms with Gasteiger partial charge < -0.3 is 0 Å². The van der Waals surface area contributed by atoms with Crippen LogP contribution in [0.4, 0.5) is 0 Å². The van der Waals surface area contributed by atoms with Crippen LogP contribution in [0.25, 0.3) is 11.1 Å². The van der Waals surface area contributed by atoms with Crippen LogP contribution in [0, 0.1) is 4.19 Å². The number of rotatable bonds is 1. The molecular weight excluding hydrogens is 227 g/mol. The van der Waals surface area contributed by atoms with E-state index in [4.69, 9.17) is 0 Å². The second kappa shape index (κ2) is 3.69. The molecule has 3 heteroatoms. The molecule has 0 fully saturated rings. The summed E-state index contributed by atoms with van der Waals surface area (Å²) in [7, 11) is 0. The van der Waals surface area contributed by atoms with E-state index in [1.807, 2.05) is 24.4 Å². The van der Waals surface area contributed by atoms with Gasteiger partial charge in [0.25, 0.3) is 0 Å². The van der Waals surface area contributed by atoms with Crippen LogP contribution < -0.4 is 0 Å². The summed E-state index contributed by atoms with van der Waals surface area (Å²) in [5.41, 5.74) is 2.37. The van der Waals surface area contributed by atoms with E-state index in [0.717, 1.165) is 4.19 Å². The van der Waals surface area contributed by atoms with Crippen LogP contribution in [-0.4, -0.2) is 25.5 Å². The van der Waals surface area contributed by atoms with E-state index in [9.17, 15) is 0 Å². The van der Waals surface area contributed by atoms with Crippen molar-refractivity contribution in [3.05, 3.63) is 47.0 Å². The predicted octanol–water partition coefficient (Wildman–Crippen LogP) is 1.78. The van der Waals surface area contributed by atoms with Gasteiger partial charge in [-0.15, -0.1) is 0 Å². The fourth-order valence-electron chi connectivity index (χ4n) is 1.17. The minimum atomic E-state index is 1.04. The van der Waals surface area contributed by atoms with Gasteiger partial charge in [-0.3, -0.25) is 0 Å². The van der Waals surface area contributed by atoms with E-state index in [1.54, 1.807) is 12.4 Å². The molecule has 2 aromatic rings. The molecule has 2 rings (SSSR count). The summed E-state index contributed by atoms with van der Waals surface area (Å²) in [5, 5.41) is 0. The van der Waals surface area contributed by atoms with Gasteiger partial charge in [-0.25, -0.2) is 0 Å². The molecule has 0 spiro atoms. The zero-order valence-electron chi connectivity index (χ0n) is 6.90. The minimum absolute atomic E-state index is 1.04. The topological polar surface area (TPSA) is 28.7 Å². The van der Waals surface area contributed by atoms with Gasteiger partial charge in [-0.2, -0.15) is 0 Å². The van der Waals surface area contributed by atoms with Crippen molar-refractivity contribution < 1.29 is 0 Å². The van der Waals surface area contributed by atoms with Crippen molar-refractivity contribution in [2.24, 2.45) is 0 Å². The van der Waals surface area contributed by atoms with Crippen LogP contribution in [0.15, 0.2) is 42.9 Å². The first-order valence-electron chi connectivity index (χ1n) is 3.95. The van der Waals surface area contributed by atoms with E-state index >= 15 is 0 Å². The Hall–Kier alpha value is -1.18. The Balaban J connectivity index is 2.54. The maximum absolute atomic E-state index is 3.98. The summed E-state index contributed by atoms with van der Waals surface area (Å²) in [6, 6.07) is 8.09. The van der Waals surface area contributed by atoms with Gasteiger partial charge in [0.15, 0.2) is 0 Å². The van der Waals surface area contributed by atoms with Crippen molar-refractivity contribution in [2.75, 3.05) is 0 Å². The van der Waals surface area contributed by atoms with Crippen molar-refractivity contribution in [3.8, 4) is 11.1 Å². The second-order valence-corrected chi connectivity index (χ2v) is 3.60. The summed E-state index contributed by atoms with van der Waals surface area (Å²) in [4.78, 5) is 7.05. The van der Waals surface area contributed by atoms with Gasteiger partial charge in [0.1, 0.15) is 0 Å². The summed E-state index contributed by atoms with van der Waals surface area (Å²) in [6.07, 6.45) is 5.51. The van der Waals surface area contributed by atoms with E-state index in [0.29, 0.717) is 0 Å². The van der Waals surface area contributed by atoms with E-state index in [-0.39, 0.29) is 0 Å². The molecule has 2 aromatic heterocycles. The SMILES string of the molecule is [Se]=c1cc(-c2ccncc2)cc[nH]1. The molecule has 64 valence electrons. The Bertz CT molecular complexity index is 448. The quantitative estimate of drug-likeness (QED) is 0.750. The van der Waals surface area contributed by atoms with Crippen LogP contribution in [0.5, 0.6) is 0 Å². The Morgan fingerprint density at radius 1 is 1.08 bits per heavy atom. The molecule has 2 nitrogen and oxygen atoms in total. The van der Waals surface area contributed by atoms with Crippen molar-refractivity contribution in [1.29, 1.82) is 0 Å². The second-order valence-electron chi connectivity index (χ2n) is 2.68. The number of aromatic amines is 1. The Kier molecular flexibility index (Phi) is 2.39. The van der Waals surface area contributed by atoms with Crippen LogP contribution in [0.1, 0.15) is 0 Å². The average Bonchev–Trinajstić information content (AvgIpc) is 2.19. The molecule has 0 aliphatic carbocycles. The third-order valence-electron chi connectivity index (χ3n) is 1.79. The molecule has 0 aromatic carbocycles. The molecule has 0 aliphatic rings. The molecule has 0 bridgehead atoms. The van der Waals surface area contributed by atoms with Gasteiger partial charge in [0, 0.05) is 0 Å². The predicted molar refractivity (Wildman–Crippen MR) is 53.0 cm³/mol. The van der Waals surface area contributed by atoms with Gasteiger partial charge in [-0.1, -0.05) is 0 Å². The van der Waals surface area contributed by atoms with Gasteiger partial charge in [-0.05, 0) is 0 Å². The van der Waals surface area contributed by atoms with Crippen LogP contribution in [-0.2, 0) is 0 Å². The zero-order chi connectivity index (χ0) is 9.10. The van der Waals surface area contributed by atoms with E-state index in [2.05, 4.69) is 31.6 Å². The summed E-state index contributed by atoms with van der Waals surface area (Å²) in [5.74, 6) is 0. The van der Waals surface area contributed by atoms with Crippen LogP contribution >= 0.6 is 0 Å². The van der Waals surface area contributed by atoms with E-state index in [1.165, 1.54) is 11.1 Å². The molecule has 1 N–H and O–H groups in total. The molecular formula is C10H8N2Se. The van der Waals surface area contributed by atoms with Gasteiger partial charge in [0.05, 0.1) is 0 Å². The Morgan fingerprint density at radius 3 is 2.54 bits per heavy atom. The normalized spacial score (nSPS) is 9.85. The molecule has 0 radical (unpaired) electrons. The Labute approximate surface area is 84.0 Å². The number of nitrogens with one attached hydrogen (secondary N) is 1. The number of pyridine rings is 2. The first kappa shape index (κ1) is 8.42. The van der Waals surface area contributed by atoms with Crippen LogP contribution in [0.2, 0.25) is 0 Å². The monoisotopic (exact) mass is 236 g/mol. The van der Waals surface area contributed by atoms with Crippen molar-refractivity contribution in [3.63, 3.8) is 0 Å². The summed E-state index contributed by atoms with van der Waals surface area (Å²) < 4.78 is 1.04. The summed E-state index contributed by atoms with van der Waals surface area (Å²) in [6.45, 7) is 0. The zero-order valence-corrected chi connectivity index (χ0v) is 8.61. The molecule has 0 saturated carbocycles. The number of hydrogen-bond donors (Lipinski definition) is 1. The van der Waals surface area contributed by atoms with Crippen molar-refractivity contribution in [2.45, 2.75) is 0 Å². The van der Waals surface area contributed by atoms with Crippen molar-refractivity contribution in [1.82, 2.24) is 9.97 Å². The van der Waals surface area contributed by atoms with Gasteiger partial charge >= 0.3 is 83.7 Å². The maximum atomic E-state index is 3.98. The number of H-pyrrole nitrogens is 1. The third-order valence-corrected chi connectivity index (χ3v) is 2.28. The first-order valence-corrected chi connectivity index (χ1v) is 4.81. The standard InChI is InChI=1S/C10H8N2Se/c13-10-7-9(3-6-12-10)8-1-4-11-5-2-8/h1-7H,(H,12,13).